The number of anilines is 1. The molecule has 0 fully saturated rings. The number of halogens is 3. The summed E-state index contributed by atoms with van der Waals surface area (Å²) in [5.41, 5.74) is 1.99. The number of alkyl halides is 1. The monoisotopic (exact) mass is 380 g/mol. The van der Waals surface area contributed by atoms with Crippen molar-refractivity contribution < 1.29 is 9.18 Å². The lowest BCUT2D eigenvalue weighted by molar-refractivity contribution is 0.0906. The first kappa shape index (κ1) is 18.0. The summed E-state index contributed by atoms with van der Waals surface area (Å²) in [6.07, 6.45) is -1.22. The molecule has 2 unspecified atom stereocenters. The second-order valence-corrected chi connectivity index (χ2v) is 7.24. The smallest absolute Gasteiger partial charge is 0.253 e. The van der Waals surface area contributed by atoms with E-state index in [1.165, 1.54) is 6.07 Å². The lowest BCUT2D eigenvalue weighted by Gasteiger charge is -2.40. The van der Waals surface area contributed by atoms with E-state index < -0.39 is 18.1 Å². The summed E-state index contributed by atoms with van der Waals surface area (Å²) in [5, 5.41) is 3.48. The molecule has 132 valence electrons. The fourth-order valence-electron chi connectivity index (χ4n) is 3.15. The number of carbonyl (C=O) groups is 1. The number of carbonyl (C=O) groups excluding carboxylic acids is 1. The highest BCUT2D eigenvalue weighted by atomic mass is 35.5. The number of para-hydroxylation sites is 1. The van der Waals surface area contributed by atoms with E-state index in [2.05, 4.69) is 5.32 Å². The molecular formula is C19H19Cl2FN2O. The maximum Gasteiger partial charge on any atom is 0.253 e. The van der Waals surface area contributed by atoms with Crippen molar-refractivity contribution in [3.63, 3.8) is 0 Å². The molecular weight excluding hydrogens is 362 g/mol. The van der Waals surface area contributed by atoms with Crippen LogP contribution in [0, 0.1) is 0 Å². The quantitative estimate of drug-likeness (QED) is 0.809. The predicted molar refractivity (Wildman–Crippen MR) is 100 cm³/mol. The van der Waals surface area contributed by atoms with Crippen LogP contribution in [0.4, 0.5) is 10.1 Å². The van der Waals surface area contributed by atoms with Gasteiger partial charge in [-0.15, -0.1) is 0 Å². The molecule has 1 amide bonds. The molecule has 0 saturated carbocycles. The van der Waals surface area contributed by atoms with Gasteiger partial charge in [0.1, 0.15) is 6.17 Å². The number of hydrogen-bond donors (Lipinski definition) is 1. The molecule has 0 aliphatic carbocycles. The van der Waals surface area contributed by atoms with E-state index in [9.17, 15) is 9.18 Å². The third-order valence-electron chi connectivity index (χ3n) is 4.40. The van der Waals surface area contributed by atoms with Crippen LogP contribution < -0.4 is 10.2 Å². The SMILES string of the molecule is CC(C)N1CC(F)C(NC(=O)c2ccc(Cl)cc2Cl)c2ccccc21. The Morgan fingerprint density at radius 3 is 2.64 bits per heavy atom. The third-order valence-corrected chi connectivity index (χ3v) is 4.95. The van der Waals surface area contributed by atoms with Crippen LogP contribution in [0.5, 0.6) is 0 Å². The predicted octanol–water partition coefficient (Wildman–Crippen LogP) is 5.03. The van der Waals surface area contributed by atoms with Crippen molar-refractivity contribution in [2.45, 2.75) is 32.1 Å². The zero-order chi connectivity index (χ0) is 18.1. The first-order valence-electron chi connectivity index (χ1n) is 8.14. The summed E-state index contributed by atoms with van der Waals surface area (Å²) >= 11 is 12.0. The highest BCUT2D eigenvalue weighted by Gasteiger charge is 2.35. The summed E-state index contributed by atoms with van der Waals surface area (Å²) < 4.78 is 14.9. The van der Waals surface area contributed by atoms with Gasteiger partial charge in [0.25, 0.3) is 5.91 Å². The molecule has 3 nitrogen and oxygen atoms in total. The van der Waals surface area contributed by atoms with E-state index >= 15 is 0 Å². The molecule has 0 radical (unpaired) electrons. The van der Waals surface area contributed by atoms with Crippen LogP contribution in [0.3, 0.4) is 0 Å². The number of rotatable bonds is 3. The number of nitrogens with zero attached hydrogens (tertiary/aromatic N) is 1. The Morgan fingerprint density at radius 2 is 1.96 bits per heavy atom. The summed E-state index contributed by atoms with van der Waals surface area (Å²) in [6, 6.07) is 11.7. The van der Waals surface area contributed by atoms with Crippen LogP contribution in [0.1, 0.15) is 35.8 Å². The van der Waals surface area contributed by atoms with Crippen molar-refractivity contribution in [1.82, 2.24) is 5.32 Å². The lowest BCUT2D eigenvalue weighted by Crippen LogP contribution is -2.48. The van der Waals surface area contributed by atoms with Gasteiger partial charge >= 0.3 is 0 Å². The average Bonchev–Trinajstić information content (AvgIpc) is 2.56. The van der Waals surface area contributed by atoms with Gasteiger partial charge in [0.05, 0.1) is 23.2 Å². The Labute approximate surface area is 156 Å². The molecule has 1 heterocycles. The molecule has 2 atom stereocenters. The van der Waals surface area contributed by atoms with Crippen LogP contribution in [0.2, 0.25) is 10.0 Å². The van der Waals surface area contributed by atoms with Crippen LogP contribution >= 0.6 is 23.2 Å². The Hall–Kier alpha value is -1.78. The Bertz CT molecular complexity index is 797. The van der Waals surface area contributed by atoms with E-state index in [0.717, 1.165) is 11.3 Å². The van der Waals surface area contributed by atoms with Gasteiger partial charge in [-0.1, -0.05) is 41.4 Å². The molecule has 2 aromatic carbocycles. The molecule has 2 aromatic rings. The Morgan fingerprint density at radius 1 is 1.24 bits per heavy atom. The maximum absolute atomic E-state index is 14.9. The van der Waals surface area contributed by atoms with E-state index in [4.69, 9.17) is 23.2 Å². The standard InChI is InChI=1S/C19H19Cl2FN2O/c1-11(2)24-10-16(22)18(14-5-3-4-6-17(14)24)23-19(25)13-8-7-12(20)9-15(13)21/h3-9,11,16,18H,10H2,1-2H3,(H,23,25). The molecule has 0 bridgehead atoms. The van der Waals surface area contributed by atoms with Crippen molar-refractivity contribution in [2.75, 3.05) is 11.4 Å². The Balaban J connectivity index is 1.91. The third kappa shape index (κ3) is 3.60. The summed E-state index contributed by atoms with van der Waals surface area (Å²) in [5.74, 6) is -0.415. The van der Waals surface area contributed by atoms with Crippen LogP contribution in [0.25, 0.3) is 0 Å². The van der Waals surface area contributed by atoms with Crippen molar-refractivity contribution >= 4 is 34.8 Å². The second kappa shape index (κ2) is 7.22. The molecule has 3 rings (SSSR count). The number of amides is 1. The van der Waals surface area contributed by atoms with Gasteiger partial charge in [-0.05, 0) is 38.1 Å². The summed E-state index contributed by atoms with van der Waals surface area (Å²) in [4.78, 5) is 14.6. The van der Waals surface area contributed by atoms with Crippen LogP contribution in [0.15, 0.2) is 42.5 Å². The number of benzene rings is 2. The van der Waals surface area contributed by atoms with Gasteiger partial charge in [-0.2, -0.15) is 0 Å². The van der Waals surface area contributed by atoms with Crippen molar-refractivity contribution in [1.29, 1.82) is 0 Å². The first-order chi connectivity index (χ1) is 11.9. The van der Waals surface area contributed by atoms with Crippen molar-refractivity contribution in [2.24, 2.45) is 0 Å². The minimum atomic E-state index is -1.22. The number of nitrogens with one attached hydrogen (secondary N) is 1. The van der Waals surface area contributed by atoms with Gasteiger partial charge in [0, 0.05) is 22.3 Å². The second-order valence-electron chi connectivity index (χ2n) is 6.40. The van der Waals surface area contributed by atoms with E-state index in [0.29, 0.717) is 5.02 Å². The van der Waals surface area contributed by atoms with Gasteiger partial charge in [-0.3, -0.25) is 4.79 Å². The van der Waals surface area contributed by atoms with Crippen molar-refractivity contribution in [3.05, 3.63) is 63.6 Å². The van der Waals surface area contributed by atoms with Gasteiger partial charge in [0.2, 0.25) is 0 Å². The number of hydrogen-bond acceptors (Lipinski definition) is 2. The van der Waals surface area contributed by atoms with E-state index in [-0.39, 0.29) is 23.2 Å². The molecule has 1 aliphatic heterocycles. The van der Waals surface area contributed by atoms with E-state index in [1.807, 2.05) is 43.0 Å². The first-order valence-corrected chi connectivity index (χ1v) is 8.89. The van der Waals surface area contributed by atoms with Crippen molar-refractivity contribution in [3.8, 4) is 0 Å². The van der Waals surface area contributed by atoms with Crippen LogP contribution in [-0.2, 0) is 0 Å². The highest BCUT2D eigenvalue weighted by molar-refractivity contribution is 6.36. The van der Waals surface area contributed by atoms with E-state index in [1.54, 1.807) is 12.1 Å². The normalized spacial score (nSPS) is 19.7. The highest BCUT2D eigenvalue weighted by Crippen LogP contribution is 2.36. The molecule has 6 heteroatoms. The topological polar surface area (TPSA) is 32.3 Å². The molecule has 25 heavy (non-hydrogen) atoms. The lowest BCUT2D eigenvalue weighted by atomic mass is 9.93. The van der Waals surface area contributed by atoms with Gasteiger partial charge in [-0.25, -0.2) is 4.39 Å². The van der Waals surface area contributed by atoms with Gasteiger partial charge in [0.15, 0.2) is 0 Å². The molecule has 1 aliphatic rings. The molecule has 1 N–H and O–H groups in total. The molecule has 0 saturated heterocycles. The Kier molecular flexibility index (Phi) is 5.21. The fourth-order valence-corrected chi connectivity index (χ4v) is 3.64. The minimum Gasteiger partial charge on any atom is -0.366 e. The fraction of sp³-hybridized carbons (Fsp3) is 0.316. The zero-order valence-electron chi connectivity index (χ0n) is 14.0. The molecule has 0 spiro atoms. The summed E-state index contributed by atoms with van der Waals surface area (Å²) in [7, 11) is 0. The van der Waals surface area contributed by atoms with Crippen LogP contribution in [-0.4, -0.2) is 24.7 Å². The molecule has 0 aromatic heterocycles. The van der Waals surface area contributed by atoms with Gasteiger partial charge < -0.3 is 10.2 Å². The largest absolute Gasteiger partial charge is 0.366 e. The average molecular weight is 381 g/mol. The number of fused-ring (bicyclic) bond motifs is 1. The maximum atomic E-state index is 14.9. The summed E-state index contributed by atoms with van der Waals surface area (Å²) in [6.45, 7) is 4.28. The minimum absolute atomic E-state index is 0.168. The zero-order valence-corrected chi connectivity index (χ0v) is 15.5.